The van der Waals surface area contributed by atoms with E-state index in [0.717, 1.165) is 21.3 Å². The topological polar surface area (TPSA) is 33.0 Å². The van der Waals surface area contributed by atoms with Gasteiger partial charge in [0.2, 0.25) is 0 Å². The Hall–Kier alpha value is -2.79. The van der Waals surface area contributed by atoms with Gasteiger partial charge < -0.3 is 4.74 Å². The molecule has 6 heteroatoms. The Labute approximate surface area is 180 Å². The van der Waals surface area contributed by atoms with Gasteiger partial charge in [0.05, 0.1) is 17.2 Å². The van der Waals surface area contributed by atoms with Gasteiger partial charge in [-0.2, -0.15) is 18.4 Å². The Bertz CT molecular complexity index is 1050. The van der Waals surface area contributed by atoms with Gasteiger partial charge in [-0.3, -0.25) is 0 Å². The number of alkyl halides is 3. The standard InChI is InChI=1S/C23H15F3INO/c24-23(25,26)20-3-1-2-18(13-20)19(14-28)12-16-6-10-22(11-7-16)29-15-17-4-8-21(27)9-5-17/h1-13H,15H2/b19-12-. The van der Waals surface area contributed by atoms with Crippen LogP contribution in [0.1, 0.15) is 22.3 Å². The van der Waals surface area contributed by atoms with Gasteiger partial charge in [-0.05, 0) is 81.8 Å². The highest BCUT2D eigenvalue weighted by Crippen LogP contribution is 2.31. The minimum Gasteiger partial charge on any atom is -0.489 e. The number of ether oxygens (including phenoxy) is 1. The number of nitriles is 1. The molecule has 0 saturated carbocycles. The first-order valence-corrected chi connectivity index (χ1v) is 9.70. The van der Waals surface area contributed by atoms with E-state index >= 15 is 0 Å². The van der Waals surface area contributed by atoms with Crippen LogP contribution in [-0.2, 0) is 12.8 Å². The number of rotatable bonds is 5. The Morgan fingerprint density at radius 1 is 1.00 bits per heavy atom. The lowest BCUT2D eigenvalue weighted by Gasteiger charge is -2.09. The molecule has 146 valence electrons. The SMILES string of the molecule is N#C/C(=C/c1ccc(OCc2ccc(I)cc2)cc1)c1cccc(C(F)(F)F)c1. The van der Waals surface area contributed by atoms with Crippen molar-refractivity contribution in [3.8, 4) is 11.8 Å². The van der Waals surface area contributed by atoms with E-state index in [9.17, 15) is 18.4 Å². The molecule has 0 aliphatic rings. The van der Waals surface area contributed by atoms with E-state index in [1.54, 1.807) is 30.3 Å². The zero-order chi connectivity index (χ0) is 20.9. The number of halogens is 4. The summed E-state index contributed by atoms with van der Waals surface area (Å²) in [4.78, 5) is 0. The van der Waals surface area contributed by atoms with Crippen LogP contribution in [0.3, 0.4) is 0 Å². The molecule has 3 rings (SSSR count). The van der Waals surface area contributed by atoms with E-state index in [0.29, 0.717) is 17.9 Å². The summed E-state index contributed by atoms with van der Waals surface area (Å²) in [5.41, 5.74) is 1.34. The van der Waals surface area contributed by atoms with Crippen LogP contribution >= 0.6 is 22.6 Å². The van der Waals surface area contributed by atoms with Crippen molar-refractivity contribution < 1.29 is 17.9 Å². The van der Waals surface area contributed by atoms with Gasteiger partial charge in [0.15, 0.2) is 0 Å². The molecule has 2 nitrogen and oxygen atoms in total. The van der Waals surface area contributed by atoms with E-state index in [2.05, 4.69) is 22.6 Å². The van der Waals surface area contributed by atoms with Gasteiger partial charge in [-0.1, -0.05) is 36.4 Å². The summed E-state index contributed by atoms with van der Waals surface area (Å²) >= 11 is 2.24. The zero-order valence-electron chi connectivity index (χ0n) is 15.1. The molecule has 0 amide bonds. The predicted octanol–water partition coefficient (Wildman–Crippen LogP) is 6.95. The van der Waals surface area contributed by atoms with Crippen molar-refractivity contribution >= 4 is 34.2 Å². The fourth-order valence-corrected chi connectivity index (χ4v) is 2.98. The molecular formula is C23H15F3INO. The van der Waals surface area contributed by atoms with Crippen LogP contribution in [0.25, 0.3) is 11.6 Å². The summed E-state index contributed by atoms with van der Waals surface area (Å²) in [6, 6.07) is 21.8. The molecular weight excluding hydrogens is 490 g/mol. The number of hydrogen-bond acceptors (Lipinski definition) is 2. The van der Waals surface area contributed by atoms with E-state index in [4.69, 9.17) is 4.74 Å². The van der Waals surface area contributed by atoms with Crippen LogP contribution in [0.5, 0.6) is 5.75 Å². The lowest BCUT2D eigenvalue weighted by Crippen LogP contribution is -2.04. The quantitative estimate of drug-likeness (QED) is 0.214. The first-order valence-electron chi connectivity index (χ1n) is 8.62. The maximum absolute atomic E-state index is 12.9. The Kier molecular flexibility index (Phi) is 6.60. The predicted molar refractivity (Wildman–Crippen MR) is 115 cm³/mol. The van der Waals surface area contributed by atoms with Gasteiger partial charge in [0.25, 0.3) is 0 Å². The molecule has 0 heterocycles. The summed E-state index contributed by atoms with van der Waals surface area (Å²) in [7, 11) is 0. The summed E-state index contributed by atoms with van der Waals surface area (Å²) in [6.45, 7) is 0.430. The van der Waals surface area contributed by atoms with Crippen LogP contribution < -0.4 is 4.74 Å². The van der Waals surface area contributed by atoms with Crippen molar-refractivity contribution in [1.29, 1.82) is 5.26 Å². The van der Waals surface area contributed by atoms with Crippen molar-refractivity contribution in [2.24, 2.45) is 0 Å². The van der Waals surface area contributed by atoms with Crippen molar-refractivity contribution in [3.63, 3.8) is 0 Å². The van der Waals surface area contributed by atoms with Crippen molar-refractivity contribution in [2.45, 2.75) is 12.8 Å². The average Bonchev–Trinajstić information content (AvgIpc) is 2.72. The molecule has 0 N–H and O–H groups in total. The normalized spacial score (nSPS) is 11.8. The second-order valence-corrected chi connectivity index (χ2v) is 7.48. The maximum atomic E-state index is 12.9. The maximum Gasteiger partial charge on any atom is 0.416 e. The Balaban J connectivity index is 1.74. The fraction of sp³-hybridized carbons (Fsp3) is 0.0870. The van der Waals surface area contributed by atoms with Crippen molar-refractivity contribution in [2.75, 3.05) is 0 Å². The number of nitrogens with zero attached hydrogens (tertiary/aromatic N) is 1. The molecule has 0 radical (unpaired) electrons. The van der Waals surface area contributed by atoms with E-state index in [-0.39, 0.29) is 11.1 Å². The van der Waals surface area contributed by atoms with Crippen molar-refractivity contribution in [1.82, 2.24) is 0 Å². The lowest BCUT2D eigenvalue weighted by molar-refractivity contribution is -0.137. The highest BCUT2D eigenvalue weighted by atomic mass is 127. The lowest BCUT2D eigenvalue weighted by atomic mass is 10.0. The van der Waals surface area contributed by atoms with E-state index in [1.165, 1.54) is 12.1 Å². The summed E-state index contributed by atoms with van der Waals surface area (Å²) in [5, 5.41) is 9.39. The van der Waals surface area contributed by atoms with Crippen molar-refractivity contribution in [3.05, 3.63) is 98.6 Å². The molecule has 0 saturated heterocycles. The minimum absolute atomic E-state index is 0.156. The first kappa shape index (κ1) is 20.9. The van der Waals surface area contributed by atoms with E-state index in [1.807, 2.05) is 30.3 Å². The molecule has 0 spiro atoms. The molecule has 0 fully saturated rings. The smallest absolute Gasteiger partial charge is 0.416 e. The third kappa shape index (κ3) is 5.84. The van der Waals surface area contributed by atoms with Crippen LogP contribution in [0.15, 0.2) is 72.8 Å². The highest BCUT2D eigenvalue weighted by molar-refractivity contribution is 14.1. The molecule has 0 unspecified atom stereocenters. The van der Waals surface area contributed by atoms with Crippen LogP contribution in [0.4, 0.5) is 13.2 Å². The molecule has 29 heavy (non-hydrogen) atoms. The summed E-state index contributed by atoms with van der Waals surface area (Å²) < 4.78 is 45.6. The molecule has 3 aromatic rings. The third-order valence-electron chi connectivity index (χ3n) is 4.13. The average molecular weight is 505 g/mol. The highest BCUT2D eigenvalue weighted by Gasteiger charge is 2.30. The molecule has 0 atom stereocenters. The van der Waals surface area contributed by atoms with Crippen LogP contribution in [0.2, 0.25) is 0 Å². The van der Waals surface area contributed by atoms with E-state index < -0.39 is 11.7 Å². The number of benzene rings is 3. The van der Waals surface area contributed by atoms with Crippen LogP contribution in [0, 0.1) is 14.9 Å². The second kappa shape index (κ2) is 9.14. The Morgan fingerprint density at radius 2 is 1.69 bits per heavy atom. The summed E-state index contributed by atoms with van der Waals surface area (Å²) in [5.74, 6) is 0.665. The monoisotopic (exact) mass is 505 g/mol. The number of hydrogen-bond donors (Lipinski definition) is 0. The van der Waals surface area contributed by atoms with Gasteiger partial charge in [0, 0.05) is 3.57 Å². The molecule has 3 aromatic carbocycles. The largest absolute Gasteiger partial charge is 0.489 e. The van der Waals surface area contributed by atoms with Crippen LogP contribution in [-0.4, -0.2) is 0 Å². The first-order chi connectivity index (χ1) is 13.8. The summed E-state index contributed by atoms with van der Waals surface area (Å²) in [6.07, 6.45) is -2.90. The molecule has 0 aromatic heterocycles. The molecule has 0 aliphatic heterocycles. The molecule has 0 aliphatic carbocycles. The van der Waals surface area contributed by atoms with Gasteiger partial charge >= 0.3 is 6.18 Å². The second-order valence-electron chi connectivity index (χ2n) is 6.23. The Morgan fingerprint density at radius 3 is 2.31 bits per heavy atom. The van der Waals surface area contributed by atoms with Gasteiger partial charge in [0.1, 0.15) is 12.4 Å². The minimum atomic E-state index is -4.45. The fourth-order valence-electron chi connectivity index (χ4n) is 2.62. The van der Waals surface area contributed by atoms with Gasteiger partial charge in [-0.25, -0.2) is 0 Å². The zero-order valence-corrected chi connectivity index (χ0v) is 17.2. The third-order valence-corrected chi connectivity index (χ3v) is 4.85. The number of allylic oxidation sites excluding steroid dienone is 1. The van der Waals surface area contributed by atoms with Gasteiger partial charge in [-0.15, -0.1) is 0 Å². The molecule has 0 bridgehead atoms.